The SMILES string of the molecule is CC(C)([CH]=[Mo]=[N]C12CC3CC(CC(C3)C1)C2)c1ccccc1.Cc1cc2ccccc2c(Cc2c(O)c(C)cc3ccccc23)c1C.c1cc[n-]c1. The third-order valence-corrected chi connectivity index (χ3v) is 14.9. The fraction of sp³-hybridized carbons (Fsp3) is 0.354. The molecule has 1 N–H and O–H groups in total. The summed E-state index contributed by atoms with van der Waals surface area (Å²) in [5.74, 6) is 3.47. The van der Waals surface area contributed by atoms with Crippen LogP contribution >= 0.6 is 0 Å². The van der Waals surface area contributed by atoms with Crippen LogP contribution in [0.4, 0.5) is 0 Å². The van der Waals surface area contributed by atoms with E-state index in [9.17, 15) is 5.11 Å². The number of aromatic nitrogens is 1. The summed E-state index contributed by atoms with van der Waals surface area (Å²) in [7, 11) is 0. The van der Waals surface area contributed by atoms with Crippen LogP contribution in [-0.2, 0) is 29.8 Å². The molecule has 268 valence electrons. The topological polar surface area (TPSA) is 46.7 Å². The first-order chi connectivity index (χ1) is 25.1. The van der Waals surface area contributed by atoms with Gasteiger partial charge in [-0.3, -0.25) is 0 Å². The Morgan fingerprint density at radius 3 is 1.79 bits per heavy atom. The maximum Gasteiger partial charge on any atom is 0.122 e. The standard InChI is InChI=1S/C24H22O.C10H15N.C10H12.C4H4N.Mo/c1-15-12-18-8-4-6-10-20(18)22(17(15)3)14-23-21-11-7-5-9-19(21)13-16(2)24(23)25;11-10-4-7-1-8(5-10)3-9(2-7)6-10;1-10(2,3)9-7-5-4-6-8-9;1-2-4-5-3-1;/h4-13,25H,14H2,1-3H3;7-9H,1-6H2;1,4-8H,2-3H3;1-4H;/q;;;-1;. The summed E-state index contributed by atoms with van der Waals surface area (Å²) in [5, 5.41) is 15.6. The number of hydrogen-bond acceptors (Lipinski definition) is 2. The van der Waals surface area contributed by atoms with Gasteiger partial charge in [-0.05, 0) is 70.6 Å². The first-order valence-corrected chi connectivity index (χ1v) is 21.1. The molecule has 4 saturated carbocycles. The van der Waals surface area contributed by atoms with Gasteiger partial charge in [0.2, 0.25) is 0 Å². The molecule has 1 aromatic heterocycles. The van der Waals surface area contributed by atoms with Gasteiger partial charge in [-0.15, -0.1) is 0 Å². The molecule has 0 unspecified atom stereocenters. The van der Waals surface area contributed by atoms with Gasteiger partial charge >= 0.3 is 143 Å². The second-order valence-corrected chi connectivity index (χ2v) is 17.9. The molecule has 10 rings (SSSR count). The van der Waals surface area contributed by atoms with Crippen LogP contribution in [0.2, 0.25) is 0 Å². The third kappa shape index (κ3) is 8.01. The second kappa shape index (κ2) is 15.6. The maximum absolute atomic E-state index is 10.8. The Morgan fingerprint density at radius 1 is 0.712 bits per heavy atom. The van der Waals surface area contributed by atoms with Gasteiger partial charge in [0.05, 0.1) is 0 Å². The van der Waals surface area contributed by atoms with E-state index in [0.29, 0.717) is 11.3 Å². The van der Waals surface area contributed by atoms with Crippen molar-refractivity contribution in [1.82, 2.24) is 4.98 Å². The van der Waals surface area contributed by atoms with Crippen molar-refractivity contribution in [3.05, 3.63) is 149 Å². The van der Waals surface area contributed by atoms with Gasteiger partial charge in [0, 0.05) is 12.0 Å². The van der Waals surface area contributed by atoms with E-state index in [1.54, 1.807) is 12.4 Å². The normalized spacial score (nSPS) is 21.5. The van der Waals surface area contributed by atoms with Crippen LogP contribution in [0.15, 0.2) is 119 Å². The first kappa shape index (κ1) is 36.4. The Labute approximate surface area is 318 Å². The minimum absolute atomic E-state index is 0.176. The Kier molecular flexibility index (Phi) is 10.9. The number of aromatic hydroxyl groups is 1. The average Bonchev–Trinajstić information content (AvgIpc) is 3.73. The van der Waals surface area contributed by atoms with E-state index in [1.165, 1.54) is 76.9 Å². The Hall–Kier alpha value is -3.94. The Bertz CT molecular complexity index is 2070. The largest absolute Gasteiger partial charge is 0.670 e. The minimum Gasteiger partial charge on any atom is -0.670 e. The van der Waals surface area contributed by atoms with Gasteiger partial charge in [0.15, 0.2) is 0 Å². The second-order valence-electron chi connectivity index (χ2n) is 16.3. The van der Waals surface area contributed by atoms with Gasteiger partial charge in [-0.1, -0.05) is 66.7 Å². The van der Waals surface area contributed by atoms with Crippen LogP contribution in [0, 0.1) is 38.5 Å². The third-order valence-electron chi connectivity index (χ3n) is 11.9. The van der Waals surface area contributed by atoms with Gasteiger partial charge in [-0.25, -0.2) is 0 Å². The van der Waals surface area contributed by atoms with E-state index in [4.69, 9.17) is 3.50 Å². The van der Waals surface area contributed by atoms with E-state index in [0.717, 1.165) is 40.7 Å². The first-order valence-electron chi connectivity index (χ1n) is 19.1. The molecule has 1 heterocycles. The van der Waals surface area contributed by atoms with Crippen molar-refractivity contribution in [2.45, 2.75) is 90.5 Å². The van der Waals surface area contributed by atoms with E-state index >= 15 is 0 Å². The summed E-state index contributed by atoms with van der Waals surface area (Å²) < 4.78 is 7.96. The predicted molar refractivity (Wildman–Crippen MR) is 215 cm³/mol. The van der Waals surface area contributed by atoms with Crippen molar-refractivity contribution in [2.24, 2.45) is 21.2 Å². The molecule has 0 radical (unpaired) electrons. The number of aryl methyl sites for hydroxylation is 2. The van der Waals surface area contributed by atoms with Crippen molar-refractivity contribution < 1.29 is 23.0 Å². The van der Waals surface area contributed by atoms with E-state index in [1.807, 2.05) is 25.1 Å². The number of benzene rings is 5. The molecule has 0 saturated heterocycles. The van der Waals surface area contributed by atoms with Crippen LogP contribution in [0.5, 0.6) is 5.75 Å². The molecule has 0 aliphatic heterocycles. The van der Waals surface area contributed by atoms with E-state index < -0.39 is 0 Å². The summed E-state index contributed by atoms with van der Waals surface area (Å²) in [5.41, 5.74) is 7.89. The number of phenolic OH excluding ortho intramolecular Hbond substituents is 1. The summed E-state index contributed by atoms with van der Waals surface area (Å²) in [6.07, 6.45) is 13.1. The molecule has 52 heavy (non-hydrogen) atoms. The zero-order valence-corrected chi connectivity index (χ0v) is 33.5. The number of hydrogen-bond donors (Lipinski definition) is 1. The molecular weight excluding hydrogens is 716 g/mol. The van der Waals surface area contributed by atoms with Crippen molar-refractivity contribution in [3.63, 3.8) is 0 Å². The summed E-state index contributed by atoms with van der Waals surface area (Å²) in [6, 6.07) is 35.9. The number of nitrogens with zero attached hydrogens (tertiary/aromatic N) is 2. The van der Waals surface area contributed by atoms with E-state index in [2.05, 4.69) is 122 Å². The van der Waals surface area contributed by atoms with Crippen molar-refractivity contribution in [1.29, 1.82) is 0 Å². The van der Waals surface area contributed by atoms with Crippen LogP contribution in [0.25, 0.3) is 21.5 Å². The van der Waals surface area contributed by atoms with Gasteiger partial charge < -0.3 is 10.1 Å². The monoisotopic (exact) mass is 771 g/mol. The predicted octanol–water partition coefficient (Wildman–Crippen LogP) is 11.9. The van der Waals surface area contributed by atoms with Crippen LogP contribution < -0.4 is 4.98 Å². The van der Waals surface area contributed by atoms with E-state index in [-0.39, 0.29) is 23.3 Å². The van der Waals surface area contributed by atoms with Crippen LogP contribution in [0.1, 0.15) is 85.8 Å². The average molecular weight is 770 g/mol. The molecule has 0 atom stereocenters. The number of fused-ring (bicyclic) bond motifs is 2. The van der Waals surface area contributed by atoms with Crippen LogP contribution in [-0.4, -0.2) is 15.0 Å². The zero-order valence-electron chi connectivity index (χ0n) is 31.5. The molecule has 4 fully saturated rings. The molecule has 4 aliphatic rings. The van der Waals surface area contributed by atoms with Gasteiger partial charge in [-0.2, -0.15) is 12.4 Å². The smallest absolute Gasteiger partial charge is 0.122 e. The molecular formula is C48H53MoN2O-. The molecule has 0 spiro atoms. The summed E-state index contributed by atoms with van der Waals surface area (Å²) >= 11 is -0.353. The molecule has 5 aromatic carbocycles. The van der Waals surface area contributed by atoms with Gasteiger partial charge in [0.25, 0.3) is 0 Å². The molecule has 3 nitrogen and oxygen atoms in total. The number of phenols is 1. The molecule has 4 bridgehead atoms. The molecule has 4 aliphatic carbocycles. The molecule has 4 heteroatoms. The minimum atomic E-state index is -0.353. The van der Waals surface area contributed by atoms with Crippen molar-refractivity contribution in [2.75, 3.05) is 0 Å². The maximum atomic E-state index is 10.8. The van der Waals surface area contributed by atoms with Crippen molar-refractivity contribution >= 4 is 25.9 Å². The van der Waals surface area contributed by atoms with Crippen molar-refractivity contribution in [3.8, 4) is 5.75 Å². The Morgan fingerprint density at radius 2 is 1.23 bits per heavy atom. The fourth-order valence-electron chi connectivity index (χ4n) is 9.46. The quantitative estimate of drug-likeness (QED) is 0.178. The summed E-state index contributed by atoms with van der Waals surface area (Å²) in [4.78, 5) is 3.72. The summed E-state index contributed by atoms with van der Waals surface area (Å²) in [6.45, 7) is 11.0. The Balaban J connectivity index is 0.000000143. The van der Waals surface area contributed by atoms with Gasteiger partial charge in [0.1, 0.15) is 5.75 Å². The fourth-order valence-corrected chi connectivity index (χ4v) is 11.7. The molecule has 0 amide bonds. The van der Waals surface area contributed by atoms with Crippen LogP contribution in [0.3, 0.4) is 0 Å². The molecule has 6 aromatic rings. The zero-order chi connectivity index (χ0) is 36.3. The number of rotatable bonds is 5.